The molecule has 0 aromatic carbocycles. The number of hydrogen-bond acceptors (Lipinski definition) is 4. The fraction of sp³-hybridized carbons (Fsp3) is 0.786. The van der Waals surface area contributed by atoms with Gasteiger partial charge < -0.3 is 21.7 Å². The van der Waals surface area contributed by atoms with Gasteiger partial charge in [-0.05, 0) is 32.2 Å². The second-order valence-corrected chi connectivity index (χ2v) is 5.38. The third-order valence-electron chi connectivity index (χ3n) is 3.15. The van der Waals surface area contributed by atoms with E-state index in [0.29, 0.717) is 25.9 Å². The van der Waals surface area contributed by atoms with E-state index in [4.69, 9.17) is 5.73 Å². The molecule has 0 aliphatic rings. The molecule has 7 nitrogen and oxygen atoms in total. The fourth-order valence-electron chi connectivity index (χ4n) is 2.01. The van der Waals surface area contributed by atoms with Gasteiger partial charge in [-0.15, -0.1) is 0 Å². The highest BCUT2D eigenvalue weighted by molar-refractivity contribution is 5.89. The Balaban J connectivity index is 4.44. The number of Topliss-reactive ketones (excluding diaryl/α,β-unsaturated/α-hetero) is 1. The average molecular weight is 300 g/mol. The summed E-state index contributed by atoms with van der Waals surface area (Å²) in [5.41, 5.74) is 4.96. The van der Waals surface area contributed by atoms with Gasteiger partial charge in [-0.3, -0.25) is 9.59 Å². The molecule has 0 radical (unpaired) electrons. The van der Waals surface area contributed by atoms with Crippen molar-refractivity contribution in [2.45, 2.75) is 52.6 Å². The van der Waals surface area contributed by atoms with Crippen LogP contribution in [0, 0.1) is 5.92 Å². The first kappa shape index (κ1) is 19.4. The monoisotopic (exact) mass is 300 g/mol. The molecule has 0 spiro atoms. The van der Waals surface area contributed by atoms with Crippen LogP contribution in [0.15, 0.2) is 0 Å². The molecule has 0 aromatic rings. The summed E-state index contributed by atoms with van der Waals surface area (Å²) in [6, 6.07) is -1.45. The van der Waals surface area contributed by atoms with E-state index in [1.165, 1.54) is 6.92 Å². The van der Waals surface area contributed by atoms with Gasteiger partial charge in [0, 0.05) is 6.54 Å². The number of carbonyl (C=O) groups is 3. The number of nitrogens with two attached hydrogens (primary N) is 1. The molecule has 0 saturated heterocycles. The zero-order chi connectivity index (χ0) is 16.4. The minimum Gasteiger partial charge on any atom is -0.352 e. The Morgan fingerprint density at radius 2 is 1.81 bits per heavy atom. The fourth-order valence-corrected chi connectivity index (χ4v) is 2.01. The number of amides is 3. The second-order valence-electron chi connectivity index (χ2n) is 5.38. The lowest BCUT2D eigenvalue weighted by Crippen LogP contribution is -2.52. The zero-order valence-electron chi connectivity index (χ0n) is 13.4. The summed E-state index contributed by atoms with van der Waals surface area (Å²) >= 11 is 0. The molecule has 3 amide bonds. The Hall–Kier alpha value is -1.63. The molecule has 0 rings (SSSR count). The maximum atomic E-state index is 12.2. The number of rotatable bonds is 10. The van der Waals surface area contributed by atoms with Gasteiger partial charge in [0.1, 0.15) is 0 Å². The van der Waals surface area contributed by atoms with E-state index in [0.717, 1.165) is 0 Å². The molecule has 0 fully saturated rings. The largest absolute Gasteiger partial charge is 0.352 e. The lowest BCUT2D eigenvalue weighted by atomic mass is 10.0. The van der Waals surface area contributed by atoms with Crippen LogP contribution in [0.1, 0.15) is 40.5 Å². The lowest BCUT2D eigenvalue weighted by Gasteiger charge is -2.24. The Morgan fingerprint density at radius 3 is 2.24 bits per heavy atom. The second kappa shape index (κ2) is 10.1. The highest BCUT2D eigenvalue weighted by Crippen LogP contribution is 2.04. The van der Waals surface area contributed by atoms with Crippen LogP contribution in [0.25, 0.3) is 0 Å². The minimum absolute atomic E-state index is 0.0959. The molecular formula is C14H28N4O3. The Kier molecular flexibility index (Phi) is 9.36. The zero-order valence-corrected chi connectivity index (χ0v) is 13.4. The highest BCUT2D eigenvalue weighted by atomic mass is 16.2. The first-order valence-electron chi connectivity index (χ1n) is 7.37. The van der Waals surface area contributed by atoms with E-state index in [1.54, 1.807) is 0 Å². The van der Waals surface area contributed by atoms with E-state index < -0.39 is 12.1 Å². The summed E-state index contributed by atoms with van der Waals surface area (Å²) in [6.07, 6.45) is 1.04. The summed E-state index contributed by atoms with van der Waals surface area (Å²) in [6.45, 7) is 8.35. The Morgan fingerprint density at radius 1 is 1.19 bits per heavy atom. The van der Waals surface area contributed by atoms with Crippen molar-refractivity contribution in [2.75, 3.05) is 13.1 Å². The van der Waals surface area contributed by atoms with Crippen molar-refractivity contribution in [3.8, 4) is 0 Å². The third-order valence-corrected chi connectivity index (χ3v) is 3.15. The van der Waals surface area contributed by atoms with E-state index in [-0.39, 0.29) is 23.7 Å². The van der Waals surface area contributed by atoms with Crippen LogP contribution in [0.2, 0.25) is 0 Å². The van der Waals surface area contributed by atoms with Gasteiger partial charge in [-0.1, -0.05) is 20.8 Å². The maximum Gasteiger partial charge on any atom is 0.312 e. The van der Waals surface area contributed by atoms with Crippen LogP contribution in [-0.4, -0.2) is 42.9 Å². The summed E-state index contributed by atoms with van der Waals surface area (Å²) in [5, 5.41) is 8.34. The SMILES string of the molecule is CCNC(C(=O)N[C@@H](CCCNC(N)=O)C(C)=O)C(C)C. The summed E-state index contributed by atoms with van der Waals surface area (Å²) in [4.78, 5) is 34.4. The summed E-state index contributed by atoms with van der Waals surface area (Å²) in [5.74, 6) is -0.134. The molecule has 7 heteroatoms. The predicted octanol–water partition coefficient (Wildman–Crippen LogP) is 0.143. The molecule has 21 heavy (non-hydrogen) atoms. The molecule has 0 heterocycles. The number of ketones is 1. The number of hydrogen-bond donors (Lipinski definition) is 4. The standard InChI is InChI=1S/C14H28N4O3/c1-5-16-12(9(2)3)13(20)18-11(10(4)19)7-6-8-17-14(15)21/h9,11-12,16H,5-8H2,1-4H3,(H,18,20)(H3,15,17,21)/t11-,12?/m0/s1. The van der Waals surface area contributed by atoms with E-state index in [2.05, 4.69) is 16.0 Å². The van der Waals surface area contributed by atoms with E-state index >= 15 is 0 Å². The van der Waals surface area contributed by atoms with Gasteiger partial charge in [-0.25, -0.2) is 4.79 Å². The number of carbonyl (C=O) groups excluding carboxylic acids is 3. The third kappa shape index (κ3) is 8.29. The van der Waals surface area contributed by atoms with Crippen molar-refractivity contribution in [2.24, 2.45) is 11.7 Å². The van der Waals surface area contributed by atoms with Gasteiger partial charge in [0.05, 0.1) is 12.1 Å². The van der Waals surface area contributed by atoms with Crippen molar-refractivity contribution >= 4 is 17.7 Å². The normalized spacial score (nSPS) is 13.6. The number of nitrogens with one attached hydrogen (secondary N) is 3. The Bertz CT molecular complexity index is 358. The smallest absolute Gasteiger partial charge is 0.312 e. The van der Waals surface area contributed by atoms with Crippen LogP contribution < -0.4 is 21.7 Å². The van der Waals surface area contributed by atoms with Crippen molar-refractivity contribution < 1.29 is 14.4 Å². The van der Waals surface area contributed by atoms with Gasteiger partial charge in [0.15, 0.2) is 5.78 Å². The molecule has 5 N–H and O–H groups in total. The molecule has 0 aromatic heterocycles. The van der Waals surface area contributed by atoms with Gasteiger partial charge in [0.25, 0.3) is 0 Å². The topological polar surface area (TPSA) is 113 Å². The molecular weight excluding hydrogens is 272 g/mol. The van der Waals surface area contributed by atoms with Crippen molar-refractivity contribution in [3.05, 3.63) is 0 Å². The van der Waals surface area contributed by atoms with Crippen LogP contribution in [0.4, 0.5) is 4.79 Å². The molecule has 0 saturated carbocycles. The molecule has 0 aliphatic heterocycles. The minimum atomic E-state index is -0.592. The molecule has 122 valence electrons. The quantitative estimate of drug-likeness (QED) is 0.430. The average Bonchev–Trinajstić information content (AvgIpc) is 2.38. The number of urea groups is 1. The highest BCUT2D eigenvalue weighted by Gasteiger charge is 2.25. The first-order chi connectivity index (χ1) is 9.79. The van der Waals surface area contributed by atoms with Crippen molar-refractivity contribution in [1.82, 2.24) is 16.0 Å². The lowest BCUT2D eigenvalue weighted by molar-refractivity contribution is -0.129. The number of likely N-dealkylation sites (N-methyl/N-ethyl adjacent to an activating group) is 1. The van der Waals surface area contributed by atoms with Crippen LogP contribution in [0.3, 0.4) is 0 Å². The van der Waals surface area contributed by atoms with Crippen molar-refractivity contribution in [3.63, 3.8) is 0 Å². The van der Waals surface area contributed by atoms with Crippen LogP contribution in [-0.2, 0) is 9.59 Å². The summed E-state index contributed by atoms with van der Waals surface area (Å²) < 4.78 is 0. The maximum absolute atomic E-state index is 12.2. The van der Waals surface area contributed by atoms with Gasteiger partial charge in [-0.2, -0.15) is 0 Å². The van der Waals surface area contributed by atoms with E-state index in [9.17, 15) is 14.4 Å². The number of primary amides is 1. The van der Waals surface area contributed by atoms with Crippen LogP contribution in [0.5, 0.6) is 0 Å². The Labute approximate surface area is 126 Å². The predicted molar refractivity (Wildman–Crippen MR) is 81.7 cm³/mol. The molecule has 1 unspecified atom stereocenters. The molecule has 0 aliphatic carbocycles. The van der Waals surface area contributed by atoms with E-state index in [1.807, 2.05) is 20.8 Å². The van der Waals surface area contributed by atoms with Gasteiger partial charge in [0.2, 0.25) is 5.91 Å². The van der Waals surface area contributed by atoms with Crippen LogP contribution >= 0.6 is 0 Å². The van der Waals surface area contributed by atoms with Gasteiger partial charge >= 0.3 is 6.03 Å². The molecule has 0 bridgehead atoms. The summed E-state index contributed by atoms with van der Waals surface area (Å²) in [7, 11) is 0. The van der Waals surface area contributed by atoms with Crippen molar-refractivity contribution in [1.29, 1.82) is 0 Å². The first-order valence-corrected chi connectivity index (χ1v) is 7.37. The molecule has 2 atom stereocenters.